The number of nitrogens with two attached hydrogens (primary N) is 1. The molecule has 1 aromatic heterocycles. The number of anilines is 2. The van der Waals surface area contributed by atoms with Gasteiger partial charge in [0.05, 0.1) is 6.20 Å². The number of hydrogen-bond acceptors (Lipinski definition) is 3. The van der Waals surface area contributed by atoms with Gasteiger partial charge < -0.3 is 10.6 Å². The topological polar surface area (TPSA) is 47.1 Å². The highest BCUT2D eigenvalue weighted by molar-refractivity contribution is 5.43. The number of hydrogen-bond donors (Lipinski definition) is 1. The summed E-state index contributed by atoms with van der Waals surface area (Å²) in [4.78, 5) is 6.70. The Morgan fingerprint density at radius 1 is 1.36 bits per heavy atom. The lowest BCUT2D eigenvalue weighted by atomic mass is 10.4. The van der Waals surface area contributed by atoms with Crippen molar-refractivity contribution in [1.29, 1.82) is 0 Å². The summed E-state index contributed by atoms with van der Waals surface area (Å²) in [6, 6.07) is 0.382. The molecule has 0 amide bonds. The minimum absolute atomic E-state index is 0.382. The second-order valence-corrected chi connectivity index (χ2v) is 4.14. The highest BCUT2D eigenvalue weighted by atomic mass is 15.3. The van der Waals surface area contributed by atoms with Crippen molar-refractivity contribution in [1.82, 2.24) is 9.55 Å². The molecule has 1 aliphatic rings. The van der Waals surface area contributed by atoms with Crippen molar-refractivity contribution in [2.45, 2.75) is 32.7 Å². The predicted octanol–water partition coefficient (Wildman–Crippen LogP) is 1.65. The molecule has 4 heteroatoms. The van der Waals surface area contributed by atoms with Crippen LogP contribution in [0.4, 0.5) is 11.8 Å². The monoisotopic (exact) mass is 194 g/mol. The molecule has 2 rings (SSSR count). The largest absolute Gasteiger partial charge is 0.384 e. The van der Waals surface area contributed by atoms with Gasteiger partial charge in [-0.25, -0.2) is 4.98 Å². The van der Waals surface area contributed by atoms with E-state index in [2.05, 4.69) is 28.3 Å². The van der Waals surface area contributed by atoms with Crippen LogP contribution in [-0.2, 0) is 0 Å². The second-order valence-electron chi connectivity index (χ2n) is 4.14. The van der Waals surface area contributed by atoms with Crippen molar-refractivity contribution in [3.63, 3.8) is 0 Å². The molecule has 2 N–H and O–H groups in total. The van der Waals surface area contributed by atoms with Crippen LogP contribution in [0.5, 0.6) is 0 Å². The third-order valence-corrected chi connectivity index (χ3v) is 2.71. The van der Waals surface area contributed by atoms with Crippen LogP contribution in [-0.4, -0.2) is 22.6 Å². The zero-order valence-corrected chi connectivity index (χ0v) is 8.90. The van der Waals surface area contributed by atoms with E-state index in [1.54, 1.807) is 6.20 Å². The Morgan fingerprint density at radius 3 is 2.57 bits per heavy atom. The van der Waals surface area contributed by atoms with Crippen molar-refractivity contribution in [3.8, 4) is 0 Å². The van der Waals surface area contributed by atoms with Crippen LogP contribution in [0.3, 0.4) is 0 Å². The lowest BCUT2D eigenvalue weighted by Crippen LogP contribution is -2.23. The van der Waals surface area contributed by atoms with E-state index >= 15 is 0 Å². The maximum atomic E-state index is 5.88. The van der Waals surface area contributed by atoms with E-state index < -0.39 is 0 Å². The van der Waals surface area contributed by atoms with E-state index in [0.29, 0.717) is 6.04 Å². The van der Waals surface area contributed by atoms with Crippen molar-refractivity contribution in [2.75, 3.05) is 23.7 Å². The zero-order chi connectivity index (χ0) is 10.1. The van der Waals surface area contributed by atoms with Gasteiger partial charge in [0.15, 0.2) is 0 Å². The molecular formula is C10H18N4. The summed E-state index contributed by atoms with van der Waals surface area (Å²) in [5.74, 6) is 1.80. The first kappa shape index (κ1) is 9.37. The summed E-state index contributed by atoms with van der Waals surface area (Å²) in [5, 5.41) is 0. The van der Waals surface area contributed by atoms with Crippen LogP contribution < -0.4 is 10.6 Å². The van der Waals surface area contributed by atoms with Crippen LogP contribution in [0.1, 0.15) is 32.7 Å². The summed E-state index contributed by atoms with van der Waals surface area (Å²) >= 11 is 0. The van der Waals surface area contributed by atoms with Gasteiger partial charge in [-0.2, -0.15) is 0 Å². The highest BCUT2D eigenvalue weighted by Crippen LogP contribution is 2.25. The first-order chi connectivity index (χ1) is 6.70. The maximum absolute atomic E-state index is 5.88. The number of nitrogen functional groups attached to an aromatic ring is 1. The molecular weight excluding hydrogens is 176 g/mol. The smallest absolute Gasteiger partial charge is 0.207 e. The van der Waals surface area contributed by atoms with Crippen LogP contribution in [0.15, 0.2) is 6.20 Å². The van der Waals surface area contributed by atoms with Crippen LogP contribution in [0.25, 0.3) is 0 Å². The fourth-order valence-corrected chi connectivity index (χ4v) is 2.04. The van der Waals surface area contributed by atoms with E-state index in [1.807, 2.05) is 0 Å². The average Bonchev–Trinajstić information content (AvgIpc) is 2.70. The fourth-order valence-electron chi connectivity index (χ4n) is 2.04. The molecule has 4 nitrogen and oxygen atoms in total. The normalized spacial score (nSPS) is 16.9. The molecule has 1 fully saturated rings. The average molecular weight is 194 g/mol. The van der Waals surface area contributed by atoms with Crippen molar-refractivity contribution >= 4 is 11.8 Å². The summed E-state index contributed by atoms with van der Waals surface area (Å²) in [6.07, 6.45) is 4.30. The molecule has 1 aliphatic heterocycles. The molecule has 0 unspecified atom stereocenters. The Hall–Kier alpha value is -1.19. The molecule has 0 aliphatic carbocycles. The fraction of sp³-hybridized carbons (Fsp3) is 0.700. The summed E-state index contributed by atoms with van der Waals surface area (Å²) < 4.78 is 2.10. The Morgan fingerprint density at radius 2 is 2.00 bits per heavy atom. The molecule has 0 aromatic carbocycles. The van der Waals surface area contributed by atoms with Gasteiger partial charge in [-0.1, -0.05) is 0 Å². The molecule has 2 heterocycles. The Labute approximate surface area is 84.7 Å². The van der Waals surface area contributed by atoms with Crippen LogP contribution >= 0.6 is 0 Å². The molecule has 1 saturated heterocycles. The molecule has 1 aromatic rings. The number of imidazole rings is 1. The summed E-state index contributed by atoms with van der Waals surface area (Å²) in [6.45, 7) is 6.50. The van der Waals surface area contributed by atoms with Crippen molar-refractivity contribution < 1.29 is 0 Å². The Balaban J connectivity index is 2.32. The Bertz CT molecular complexity index is 310. The predicted molar refractivity (Wildman–Crippen MR) is 58.5 cm³/mol. The highest BCUT2D eigenvalue weighted by Gasteiger charge is 2.19. The molecule has 78 valence electrons. The standard InChI is InChI=1S/C10H18N4/c1-8(2)14-9(11)7-12-10(14)13-5-3-4-6-13/h7-8H,3-6,11H2,1-2H3. The maximum Gasteiger partial charge on any atom is 0.207 e. The lowest BCUT2D eigenvalue weighted by Gasteiger charge is -2.21. The van der Waals surface area contributed by atoms with Gasteiger partial charge in [0.25, 0.3) is 0 Å². The van der Waals surface area contributed by atoms with E-state index in [9.17, 15) is 0 Å². The van der Waals surface area contributed by atoms with Gasteiger partial charge in [-0.15, -0.1) is 0 Å². The summed E-state index contributed by atoms with van der Waals surface area (Å²) in [7, 11) is 0. The van der Waals surface area contributed by atoms with Gasteiger partial charge in [0, 0.05) is 19.1 Å². The minimum atomic E-state index is 0.382. The van der Waals surface area contributed by atoms with Gasteiger partial charge in [0.1, 0.15) is 5.82 Å². The van der Waals surface area contributed by atoms with E-state index in [4.69, 9.17) is 5.73 Å². The first-order valence-corrected chi connectivity index (χ1v) is 5.28. The van der Waals surface area contributed by atoms with Gasteiger partial charge in [0.2, 0.25) is 5.95 Å². The number of rotatable bonds is 2. The van der Waals surface area contributed by atoms with E-state index in [-0.39, 0.29) is 0 Å². The SMILES string of the molecule is CC(C)n1c(N)cnc1N1CCCC1. The van der Waals surface area contributed by atoms with E-state index in [1.165, 1.54) is 12.8 Å². The third kappa shape index (κ3) is 1.45. The van der Waals surface area contributed by atoms with Gasteiger partial charge >= 0.3 is 0 Å². The zero-order valence-electron chi connectivity index (χ0n) is 8.90. The van der Waals surface area contributed by atoms with Crippen LogP contribution in [0.2, 0.25) is 0 Å². The minimum Gasteiger partial charge on any atom is -0.384 e. The number of aromatic nitrogens is 2. The van der Waals surface area contributed by atoms with Gasteiger partial charge in [-0.3, -0.25) is 4.57 Å². The van der Waals surface area contributed by atoms with Crippen molar-refractivity contribution in [2.24, 2.45) is 0 Å². The quantitative estimate of drug-likeness (QED) is 0.778. The van der Waals surface area contributed by atoms with Crippen LogP contribution in [0, 0.1) is 0 Å². The molecule has 0 atom stereocenters. The Kier molecular flexibility index (Phi) is 2.35. The first-order valence-electron chi connectivity index (χ1n) is 5.28. The molecule has 14 heavy (non-hydrogen) atoms. The van der Waals surface area contributed by atoms with E-state index in [0.717, 1.165) is 24.9 Å². The molecule has 0 bridgehead atoms. The van der Waals surface area contributed by atoms with Crippen molar-refractivity contribution in [3.05, 3.63) is 6.20 Å². The lowest BCUT2D eigenvalue weighted by molar-refractivity contribution is 0.600. The molecule has 0 spiro atoms. The second kappa shape index (κ2) is 3.52. The number of nitrogens with zero attached hydrogens (tertiary/aromatic N) is 3. The summed E-state index contributed by atoms with van der Waals surface area (Å²) in [5.41, 5.74) is 5.88. The molecule has 0 saturated carbocycles. The third-order valence-electron chi connectivity index (χ3n) is 2.71. The van der Waals surface area contributed by atoms with Gasteiger partial charge in [-0.05, 0) is 26.7 Å². The molecule has 0 radical (unpaired) electrons.